The molecule has 1 saturated heterocycles. The molecule has 0 unspecified atom stereocenters. The van der Waals surface area contributed by atoms with Crippen molar-refractivity contribution in [3.63, 3.8) is 0 Å². The molecular formula is C22H23N3O3. The lowest BCUT2D eigenvalue weighted by atomic mass is 10.1. The van der Waals surface area contributed by atoms with Crippen LogP contribution in [0, 0.1) is 5.92 Å². The molecule has 28 heavy (non-hydrogen) atoms. The molecule has 1 aromatic heterocycles. The van der Waals surface area contributed by atoms with Crippen LogP contribution in [0.2, 0.25) is 0 Å². The molecule has 0 saturated carbocycles. The van der Waals surface area contributed by atoms with E-state index in [0.717, 1.165) is 23.1 Å². The number of hydrogen-bond donors (Lipinski definition) is 1. The number of anilines is 1. The van der Waals surface area contributed by atoms with Crippen LogP contribution in [0.5, 0.6) is 0 Å². The average molecular weight is 377 g/mol. The van der Waals surface area contributed by atoms with Gasteiger partial charge in [0.25, 0.3) is 0 Å². The molecule has 1 aliphatic heterocycles. The molecule has 6 heteroatoms. The van der Waals surface area contributed by atoms with Gasteiger partial charge in [0, 0.05) is 23.7 Å². The summed E-state index contributed by atoms with van der Waals surface area (Å²) < 4.78 is 5.78. The normalized spacial score (nSPS) is 16.7. The number of oxazole rings is 1. The molecule has 0 aliphatic carbocycles. The molecule has 3 aromatic rings. The minimum absolute atomic E-state index is 0.0314. The van der Waals surface area contributed by atoms with Crippen molar-refractivity contribution in [2.45, 2.75) is 32.7 Å². The predicted molar refractivity (Wildman–Crippen MR) is 108 cm³/mol. The van der Waals surface area contributed by atoms with E-state index < -0.39 is 6.04 Å². The number of fused-ring (bicyclic) bond motifs is 1. The molecule has 0 spiro atoms. The summed E-state index contributed by atoms with van der Waals surface area (Å²) in [7, 11) is 0. The van der Waals surface area contributed by atoms with Crippen LogP contribution in [0.4, 0.5) is 5.69 Å². The fourth-order valence-corrected chi connectivity index (χ4v) is 3.55. The lowest BCUT2D eigenvalue weighted by Gasteiger charge is -2.25. The zero-order valence-electron chi connectivity index (χ0n) is 16.0. The van der Waals surface area contributed by atoms with Crippen molar-refractivity contribution in [3.05, 3.63) is 48.5 Å². The highest BCUT2D eigenvalue weighted by atomic mass is 16.3. The fraction of sp³-hybridized carbons (Fsp3) is 0.318. The van der Waals surface area contributed by atoms with Gasteiger partial charge in [0.1, 0.15) is 11.6 Å². The van der Waals surface area contributed by atoms with Gasteiger partial charge in [-0.2, -0.15) is 0 Å². The maximum Gasteiger partial charge on any atom is 0.247 e. The molecule has 144 valence electrons. The highest BCUT2D eigenvalue weighted by Gasteiger charge is 2.34. The lowest BCUT2D eigenvalue weighted by molar-refractivity contribution is -0.139. The van der Waals surface area contributed by atoms with E-state index in [4.69, 9.17) is 4.42 Å². The maximum absolute atomic E-state index is 12.7. The Morgan fingerprint density at radius 2 is 1.89 bits per heavy atom. The number of hydrogen-bond acceptors (Lipinski definition) is 4. The molecule has 6 nitrogen and oxygen atoms in total. The van der Waals surface area contributed by atoms with Gasteiger partial charge in [-0.1, -0.05) is 26.0 Å². The van der Waals surface area contributed by atoms with E-state index in [9.17, 15) is 9.59 Å². The van der Waals surface area contributed by atoms with Crippen LogP contribution in [0.1, 0.15) is 26.7 Å². The summed E-state index contributed by atoms with van der Waals surface area (Å²) in [5.74, 6) is 0.331. The predicted octanol–water partition coefficient (Wildman–Crippen LogP) is 4.08. The Hall–Kier alpha value is -3.15. The first-order valence-corrected chi connectivity index (χ1v) is 9.60. The second kappa shape index (κ2) is 7.46. The first-order valence-electron chi connectivity index (χ1n) is 9.60. The van der Waals surface area contributed by atoms with Crippen LogP contribution in [-0.4, -0.2) is 34.3 Å². The number of benzene rings is 2. The van der Waals surface area contributed by atoms with Crippen molar-refractivity contribution in [3.8, 4) is 11.5 Å². The molecule has 1 atom stereocenters. The number of nitrogens with zero attached hydrogens (tertiary/aromatic N) is 2. The molecule has 2 amide bonds. The molecule has 0 bridgehead atoms. The number of para-hydroxylation sites is 2. The minimum atomic E-state index is -0.397. The Bertz CT molecular complexity index is 974. The first-order chi connectivity index (χ1) is 13.5. The van der Waals surface area contributed by atoms with Crippen molar-refractivity contribution < 1.29 is 14.0 Å². The standard InChI is InChI=1S/C22H23N3O3/c1-14(2)22(27)25-13-5-7-18(25)20(26)23-16-11-9-15(10-12-16)21-24-17-6-3-4-8-19(17)28-21/h3-4,6,8-12,14,18H,5,7,13H2,1-2H3,(H,23,26)/t18-/m1/s1. The largest absolute Gasteiger partial charge is 0.436 e. The Morgan fingerprint density at radius 1 is 1.14 bits per heavy atom. The van der Waals surface area contributed by atoms with Gasteiger partial charge in [-0.15, -0.1) is 0 Å². The zero-order valence-corrected chi connectivity index (χ0v) is 16.0. The highest BCUT2D eigenvalue weighted by molar-refractivity contribution is 5.97. The Morgan fingerprint density at radius 3 is 2.61 bits per heavy atom. The SMILES string of the molecule is CC(C)C(=O)N1CCC[C@@H]1C(=O)Nc1ccc(-c2nc3ccccc3o2)cc1. The van der Waals surface area contributed by atoms with E-state index in [1.165, 1.54) is 0 Å². The van der Waals surface area contributed by atoms with E-state index in [0.29, 0.717) is 24.5 Å². The second-order valence-corrected chi connectivity index (χ2v) is 7.40. The molecule has 2 heterocycles. The summed E-state index contributed by atoms with van der Waals surface area (Å²) in [6.07, 6.45) is 1.55. The second-order valence-electron chi connectivity index (χ2n) is 7.40. The highest BCUT2D eigenvalue weighted by Crippen LogP contribution is 2.26. The van der Waals surface area contributed by atoms with Gasteiger partial charge in [0.2, 0.25) is 17.7 Å². The van der Waals surface area contributed by atoms with E-state index in [2.05, 4.69) is 10.3 Å². The molecule has 1 aliphatic rings. The van der Waals surface area contributed by atoms with Gasteiger partial charge in [-0.3, -0.25) is 9.59 Å². The van der Waals surface area contributed by atoms with Gasteiger partial charge < -0.3 is 14.6 Å². The van der Waals surface area contributed by atoms with E-state index in [1.54, 1.807) is 4.90 Å². The zero-order chi connectivity index (χ0) is 19.7. The summed E-state index contributed by atoms with van der Waals surface area (Å²) >= 11 is 0. The van der Waals surface area contributed by atoms with Crippen molar-refractivity contribution >= 4 is 28.6 Å². The van der Waals surface area contributed by atoms with Crippen LogP contribution in [0.3, 0.4) is 0 Å². The van der Waals surface area contributed by atoms with Crippen molar-refractivity contribution in [1.29, 1.82) is 0 Å². The number of carbonyl (C=O) groups is 2. The first kappa shape index (κ1) is 18.2. The Balaban J connectivity index is 1.47. The van der Waals surface area contributed by atoms with Crippen LogP contribution < -0.4 is 5.32 Å². The Kier molecular flexibility index (Phi) is 4.86. The topological polar surface area (TPSA) is 75.4 Å². The van der Waals surface area contributed by atoms with E-state index in [-0.39, 0.29) is 17.7 Å². The average Bonchev–Trinajstić information content (AvgIpc) is 3.35. The van der Waals surface area contributed by atoms with Crippen LogP contribution in [0.15, 0.2) is 52.9 Å². The molecular weight excluding hydrogens is 354 g/mol. The summed E-state index contributed by atoms with van der Waals surface area (Å²) in [6, 6.07) is 14.6. The Labute approximate surface area is 163 Å². The van der Waals surface area contributed by atoms with Gasteiger partial charge in [-0.05, 0) is 49.2 Å². The smallest absolute Gasteiger partial charge is 0.247 e. The third-order valence-corrected chi connectivity index (χ3v) is 5.03. The number of amides is 2. The van der Waals surface area contributed by atoms with E-state index >= 15 is 0 Å². The summed E-state index contributed by atoms with van der Waals surface area (Å²) in [5, 5.41) is 2.93. The fourth-order valence-electron chi connectivity index (χ4n) is 3.55. The van der Waals surface area contributed by atoms with Gasteiger partial charge in [0.05, 0.1) is 0 Å². The van der Waals surface area contributed by atoms with Gasteiger partial charge >= 0.3 is 0 Å². The molecule has 1 N–H and O–H groups in total. The van der Waals surface area contributed by atoms with Crippen LogP contribution in [0.25, 0.3) is 22.6 Å². The lowest BCUT2D eigenvalue weighted by Crippen LogP contribution is -2.44. The maximum atomic E-state index is 12.7. The summed E-state index contributed by atoms with van der Waals surface area (Å²) in [5.41, 5.74) is 3.08. The number of carbonyl (C=O) groups excluding carboxylic acids is 2. The minimum Gasteiger partial charge on any atom is -0.436 e. The van der Waals surface area contributed by atoms with Crippen molar-refractivity contribution in [2.75, 3.05) is 11.9 Å². The van der Waals surface area contributed by atoms with Crippen LogP contribution >= 0.6 is 0 Å². The van der Waals surface area contributed by atoms with Gasteiger partial charge in [-0.25, -0.2) is 4.98 Å². The van der Waals surface area contributed by atoms with Gasteiger partial charge in [0.15, 0.2) is 5.58 Å². The van der Waals surface area contributed by atoms with E-state index in [1.807, 2.05) is 62.4 Å². The molecule has 1 fully saturated rings. The number of aromatic nitrogens is 1. The van der Waals surface area contributed by atoms with Crippen molar-refractivity contribution in [1.82, 2.24) is 9.88 Å². The summed E-state index contributed by atoms with van der Waals surface area (Å²) in [6.45, 7) is 4.37. The third kappa shape index (κ3) is 3.50. The molecule has 0 radical (unpaired) electrons. The third-order valence-electron chi connectivity index (χ3n) is 5.03. The summed E-state index contributed by atoms with van der Waals surface area (Å²) in [4.78, 5) is 31.2. The van der Waals surface area contributed by atoms with Crippen LogP contribution in [-0.2, 0) is 9.59 Å². The number of likely N-dealkylation sites (tertiary alicyclic amines) is 1. The monoisotopic (exact) mass is 377 g/mol. The quantitative estimate of drug-likeness (QED) is 0.743. The number of rotatable bonds is 4. The number of nitrogens with one attached hydrogen (secondary N) is 1. The molecule has 4 rings (SSSR count). The molecule has 2 aromatic carbocycles. The van der Waals surface area contributed by atoms with Crippen molar-refractivity contribution in [2.24, 2.45) is 5.92 Å².